The number of nitrogens with zero attached hydrogens (tertiary/aromatic N) is 2. The van der Waals surface area contributed by atoms with Crippen LogP contribution in [-0.2, 0) is 4.74 Å². The third-order valence-corrected chi connectivity index (χ3v) is 2.13. The van der Waals surface area contributed by atoms with E-state index in [-0.39, 0.29) is 6.61 Å². The van der Waals surface area contributed by atoms with Crippen LogP contribution in [0.2, 0.25) is 0 Å². The van der Waals surface area contributed by atoms with Gasteiger partial charge in [-0.15, -0.1) is 0 Å². The standard InChI is InChI=1S/C9H8N2O4/c12-9-10(7-4-2-1-3-5-7)8(6-15-9)11(13)14/h1-5,8H,6H2. The number of ether oxygens (including phenoxy) is 1. The zero-order chi connectivity index (χ0) is 10.8. The smallest absolute Gasteiger partial charge is 0.420 e. The van der Waals surface area contributed by atoms with E-state index in [9.17, 15) is 14.9 Å². The second-order valence-electron chi connectivity index (χ2n) is 3.05. The summed E-state index contributed by atoms with van der Waals surface area (Å²) in [7, 11) is 0. The minimum atomic E-state index is -1.13. The monoisotopic (exact) mass is 208 g/mol. The maximum absolute atomic E-state index is 11.3. The van der Waals surface area contributed by atoms with Gasteiger partial charge in [0.15, 0.2) is 6.61 Å². The van der Waals surface area contributed by atoms with Gasteiger partial charge in [-0.2, -0.15) is 0 Å². The molecule has 1 aliphatic rings. The average Bonchev–Trinajstić information content (AvgIpc) is 2.61. The van der Waals surface area contributed by atoms with Gasteiger partial charge >= 0.3 is 12.3 Å². The highest BCUT2D eigenvalue weighted by atomic mass is 16.6. The second kappa shape index (κ2) is 3.56. The summed E-state index contributed by atoms with van der Waals surface area (Å²) in [4.78, 5) is 22.5. The van der Waals surface area contributed by atoms with E-state index in [1.807, 2.05) is 0 Å². The Labute approximate surface area is 85.2 Å². The first-order chi connectivity index (χ1) is 7.20. The van der Waals surface area contributed by atoms with Crippen LogP contribution in [0.15, 0.2) is 30.3 Å². The minimum absolute atomic E-state index is 0.208. The van der Waals surface area contributed by atoms with Gasteiger partial charge in [-0.1, -0.05) is 18.2 Å². The van der Waals surface area contributed by atoms with Gasteiger partial charge in [-0.25, -0.2) is 9.69 Å². The first-order valence-electron chi connectivity index (χ1n) is 4.34. The Kier molecular flexibility index (Phi) is 2.24. The number of carbonyl (C=O) groups excluding carboxylic acids is 1. The van der Waals surface area contributed by atoms with Gasteiger partial charge in [0.1, 0.15) is 0 Å². The Hall–Kier alpha value is -2.11. The largest absolute Gasteiger partial charge is 0.439 e. The molecule has 0 spiro atoms. The van der Waals surface area contributed by atoms with Crippen molar-refractivity contribution >= 4 is 11.8 Å². The molecule has 0 N–H and O–H groups in total. The van der Waals surface area contributed by atoms with Crippen molar-refractivity contribution in [2.24, 2.45) is 0 Å². The molecule has 2 rings (SSSR count). The zero-order valence-corrected chi connectivity index (χ0v) is 7.70. The summed E-state index contributed by atoms with van der Waals surface area (Å²) in [5, 5.41) is 10.7. The lowest BCUT2D eigenvalue weighted by molar-refractivity contribution is -0.518. The molecule has 1 heterocycles. The molecule has 1 aromatic rings. The molecule has 1 fully saturated rings. The summed E-state index contributed by atoms with van der Waals surface area (Å²) in [6.45, 7) is -0.208. The molecule has 1 aromatic carbocycles. The molecule has 0 saturated carbocycles. The van der Waals surface area contributed by atoms with Crippen LogP contribution < -0.4 is 4.90 Å². The van der Waals surface area contributed by atoms with Crippen molar-refractivity contribution < 1.29 is 14.5 Å². The van der Waals surface area contributed by atoms with Gasteiger partial charge in [0.05, 0.1) is 5.69 Å². The van der Waals surface area contributed by atoms with Crippen LogP contribution >= 0.6 is 0 Å². The first-order valence-corrected chi connectivity index (χ1v) is 4.34. The summed E-state index contributed by atoms with van der Waals surface area (Å²) in [5.41, 5.74) is 0.474. The molecule has 1 saturated heterocycles. The molecule has 6 heteroatoms. The van der Waals surface area contributed by atoms with Crippen molar-refractivity contribution in [2.75, 3.05) is 11.5 Å². The van der Waals surface area contributed by atoms with E-state index in [0.717, 1.165) is 4.90 Å². The summed E-state index contributed by atoms with van der Waals surface area (Å²) in [6.07, 6.45) is -1.80. The van der Waals surface area contributed by atoms with Crippen LogP contribution in [0.4, 0.5) is 10.5 Å². The lowest BCUT2D eigenvalue weighted by atomic mass is 10.3. The highest BCUT2D eigenvalue weighted by molar-refractivity contribution is 5.89. The summed E-state index contributed by atoms with van der Waals surface area (Å²) in [5.74, 6) is 0. The zero-order valence-electron chi connectivity index (χ0n) is 7.70. The Morgan fingerprint density at radius 1 is 1.40 bits per heavy atom. The van der Waals surface area contributed by atoms with Crippen LogP contribution in [0.25, 0.3) is 0 Å². The Morgan fingerprint density at radius 3 is 2.67 bits per heavy atom. The fourth-order valence-electron chi connectivity index (χ4n) is 1.43. The molecule has 15 heavy (non-hydrogen) atoms. The van der Waals surface area contributed by atoms with Gasteiger partial charge in [0.2, 0.25) is 0 Å². The fraction of sp³-hybridized carbons (Fsp3) is 0.222. The van der Waals surface area contributed by atoms with Gasteiger partial charge in [0, 0.05) is 4.92 Å². The third-order valence-electron chi connectivity index (χ3n) is 2.13. The summed E-state index contributed by atoms with van der Waals surface area (Å²) < 4.78 is 4.64. The van der Waals surface area contributed by atoms with E-state index in [0.29, 0.717) is 5.69 Å². The van der Waals surface area contributed by atoms with Crippen molar-refractivity contribution in [1.29, 1.82) is 0 Å². The molecular formula is C9H8N2O4. The van der Waals surface area contributed by atoms with E-state index in [1.165, 1.54) is 0 Å². The van der Waals surface area contributed by atoms with E-state index >= 15 is 0 Å². The second-order valence-corrected chi connectivity index (χ2v) is 3.05. The Morgan fingerprint density at radius 2 is 2.07 bits per heavy atom. The molecule has 1 amide bonds. The Bertz CT molecular complexity index is 392. The molecule has 0 bridgehead atoms. The number of amides is 1. The SMILES string of the molecule is O=C1OCC([N+](=O)[O-])N1c1ccccc1. The highest BCUT2D eigenvalue weighted by Gasteiger charge is 2.42. The van der Waals surface area contributed by atoms with Crippen molar-refractivity contribution in [3.63, 3.8) is 0 Å². The number of cyclic esters (lactones) is 1. The van der Waals surface area contributed by atoms with Crippen molar-refractivity contribution in [3.8, 4) is 0 Å². The number of benzene rings is 1. The van der Waals surface area contributed by atoms with E-state index in [2.05, 4.69) is 4.74 Å². The molecule has 1 aliphatic heterocycles. The van der Waals surface area contributed by atoms with Gasteiger partial charge < -0.3 is 4.74 Å². The van der Waals surface area contributed by atoms with Crippen molar-refractivity contribution in [2.45, 2.75) is 6.17 Å². The number of nitro groups is 1. The van der Waals surface area contributed by atoms with Gasteiger partial charge in [-0.05, 0) is 12.1 Å². The number of hydrogen-bond acceptors (Lipinski definition) is 4. The van der Waals surface area contributed by atoms with Gasteiger partial charge in [0.25, 0.3) is 0 Å². The van der Waals surface area contributed by atoms with E-state index in [4.69, 9.17) is 0 Å². The third kappa shape index (κ3) is 1.61. The lowest BCUT2D eigenvalue weighted by Gasteiger charge is -2.14. The Balaban J connectivity index is 2.33. The molecule has 1 unspecified atom stereocenters. The summed E-state index contributed by atoms with van der Waals surface area (Å²) >= 11 is 0. The predicted molar refractivity (Wildman–Crippen MR) is 51.1 cm³/mol. The number of anilines is 1. The van der Waals surface area contributed by atoms with E-state index in [1.54, 1.807) is 30.3 Å². The fourth-order valence-corrected chi connectivity index (χ4v) is 1.43. The van der Waals surface area contributed by atoms with Crippen LogP contribution in [0.1, 0.15) is 0 Å². The lowest BCUT2D eigenvalue weighted by Crippen LogP contribution is -2.39. The molecule has 6 nitrogen and oxygen atoms in total. The van der Waals surface area contributed by atoms with Crippen molar-refractivity contribution in [1.82, 2.24) is 0 Å². The quantitative estimate of drug-likeness (QED) is 0.541. The molecule has 0 aromatic heterocycles. The minimum Gasteiger partial charge on any atom is -0.439 e. The average molecular weight is 208 g/mol. The maximum atomic E-state index is 11.3. The maximum Gasteiger partial charge on any atom is 0.420 e. The van der Waals surface area contributed by atoms with Crippen LogP contribution in [0, 0.1) is 10.1 Å². The molecular weight excluding hydrogens is 200 g/mol. The van der Waals surface area contributed by atoms with Crippen LogP contribution in [0.3, 0.4) is 0 Å². The molecule has 78 valence electrons. The topological polar surface area (TPSA) is 72.7 Å². The number of rotatable bonds is 2. The normalized spacial score (nSPS) is 20.1. The number of hydrogen-bond donors (Lipinski definition) is 0. The predicted octanol–water partition coefficient (Wildman–Crippen LogP) is 1.25. The summed E-state index contributed by atoms with van der Waals surface area (Å²) in [6, 6.07) is 8.44. The number of carbonyl (C=O) groups is 1. The van der Waals surface area contributed by atoms with Crippen molar-refractivity contribution in [3.05, 3.63) is 40.4 Å². The van der Waals surface area contributed by atoms with Crippen LogP contribution in [-0.4, -0.2) is 23.8 Å². The number of para-hydroxylation sites is 1. The van der Waals surface area contributed by atoms with Crippen LogP contribution in [0.5, 0.6) is 0 Å². The first kappa shape index (κ1) is 9.45. The van der Waals surface area contributed by atoms with Gasteiger partial charge in [-0.3, -0.25) is 10.1 Å². The molecule has 1 atom stereocenters. The molecule has 0 radical (unpaired) electrons. The highest BCUT2D eigenvalue weighted by Crippen LogP contribution is 2.22. The van der Waals surface area contributed by atoms with E-state index < -0.39 is 17.2 Å². The molecule has 0 aliphatic carbocycles.